The van der Waals surface area contributed by atoms with Gasteiger partial charge in [-0.1, -0.05) is 20.8 Å². The monoisotopic (exact) mass is 199 g/mol. The Bertz CT molecular complexity index is 221. The second kappa shape index (κ2) is 5.29. The Morgan fingerprint density at radius 3 is 2.77 bits per heavy atom. The molecule has 0 spiro atoms. The van der Waals surface area contributed by atoms with E-state index in [1.807, 2.05) is 0 Å². The third-order valence-electron chi connectivity index (χ3n) is 2.07. The molecule has 0 aliphatic rings. The molecule has 0 aliphatic heterocycles. The van der Waals surface area contributed by atoms with Crippen LogP contribution in [0.25, 0.3) is 0 Å². The fraction of sp³-hybridized carbons (Fsp3) is 0.778. The molecule has 0 bridgehead atoms. The molecule has 1 unspecified atom stereocenters. The highest BCUT2D eigenvalue weighted by Gasteiger charge is 2.13. The van der Waals surface area contributed by atoms with Gasteiger partial charge in [0.25, 0.3) is 0 Å². The van der Waals surface area contributed by atoms with Crippen LogP contribution in [0, 0.1) is 5.92 Å². The van der Waals surface area contributed by atoms with Gasteiger partial charge in [0.2, 0.25) is 0 Å². The number of likely N-dealkylation sites (N-methyl/N-ethyl adjacent to an activating group) is 1. The number of hydrogen-bond donors (Lipinski definition) is 1. The van der Waals surface area contributed by atoms with Gasteiger partial charge < -0.3 is 5.32 Å². The maximum absolute atomic E-state index is 4.05. The molecule has 0 fully saturated rings. The first-order valence-corrected chi connectivity index (χ1v) is 5.60. The Hall–Kier alpha value is -0.480. The van der Waals surface area contributed by atoms with E-state index < -0.39 is 0 Å². The zero-order chi connectivity index (χ0) is 9.68. The summed E-state index contributed by atoms with van der Waals surface area (Å²) in [5.74, 6) is 0.642. The largest absolute Gasteiger partial charge is 0.314 e. The molecule has 0 saturated carbocycles. The van der Waals surface area contributed by atoms with E-state index in [2.05, 4.69) is 36.3 Å². The molecule has 1 heterocycles. The first-order valence-electron chi connectivity index (χ1n) is 4.72. The van der Waals surface area contributed by atoms with Crippen LogP contribution < -0.4 is 5.32 Å². The summed E-state index contributed by atoms with van der Waals surface area (Å²) in [5, 5.41) is 12.5. The summed E-state index contributed by atoms with van der Waals surface area (Å²) in [7, 11) is 0. The van der Waals surface area contributed by atoms with Crippen LogP contribution in [0.4, 0.5) is 0 Å². The van der Waals surface area contributed by atoms with Crippen molar-refractivity contribution in [1.82, 2.24) is 15.5 Å². The molecule has 0 aromatic carbocycles. The van der Waals surface area contributed by atoms with Gasteiger partial charge in [-0.25, -0.2) is 0 Å². The number of aromatic nitrogens is 2. The Labute approximate surface area is 83.6 Å². The molecule has 1 atom stereocenters. The van der Waals surface area contributed by atoms with Gasteiger partial charge >= 0.3 is 0 Å². The van der Waals surface area contributed by atoms with Crippen molar-refractivity contribution in [2.45, 2.75) is 33.2 Å². The van der Waals surface area contributed by atoms with Crippen LogP contribution in [0.5, 0.6) is 0 Å². The molecular formula is C9H17N3S. The van der Waals surface area contributed by atoms with E-state index >= 15 is 0 Å². The molecule has 1 aromatic rings. The van der Waals surface area contributed by atoms with E-state index in [4.69, 9.17) is 0 Å². The number of nitrogens with zero attached hydrogens (tertiary/aromatic N) is 2. The maximum atomic E-state index is 4.05. The Kier molecular flexibility index (Phi) is 4.32. The lowest BCUT2D eigenvalue weighted by molar-refractivity contribution is 0.404. The van der Waals surface area contributed by atoms with Crippen LogP contribution in [0.1, 0.15) is 25.8 Å². The number of rotatable bonds is 5. The van der Waals surface area contributed by atoms with Crippen molar-refractivity contribution in [3.05, 3.63) is 10.5 Å². The van der Waals surface area contributed by atoms with Gasteiger partial charge in [0.1, 0.15) is 10.5 Å². The molecule has 0 amide bonds. The molecule has 0 aliphatic carbocycles. The van der Waals surface area contributed by atoms with E-state index in [9.17, 15) is 0 Å². The first-order chi connectivity index (χ1) is 6.24. The van der Waals surface area contributed by atoms with Crippen molar-refractivity contribution in [2.75, 3.05) is 6.54 Å². The van der Waals surface area contributed by atoms with Crippen LogP contribution in [0.3, 0.4) is 0 Å². The molecule has 3 nitrogen and oxygen atoms in total. The van der Waals surface area contributed by atoms with E-state index in [0.29, 0.717) is 12.0 Å². The molecule has 74 valence electrons. The summed E-state index contributed by atoms with van der Waals surface area (Å²) >= 11 is 1.63. The van der Waals surface area contributed by atoms with Gasteiger partial charge in [-0.3, -0.25) is 0 Å². The Balaban J connectivity index is 2.47. The molecule has 1 rings (SSSR count). The van der Waals surface area contributed by atoms with Crippen LogP contribution in [0.15, 0.2) is 5.51 Å². The Morgan fingerprint density at radius 1 is 1.54 bits per heavy atom. The summed E-state index contributed by atoms with van der Waals surface area (Å²) in [6, 6.07) is 0.526. The average molecular weight is 199 g/mol. The summed E-state index contributed by atoms with van der Waals surface area (Å²) in [5.41, 5.74) is 1.79. The fourth-order valence-corrected chi connectivity index (χ4v) is 1.86. The van der Waals surface area contributed by atoms with Crippen LogP contribution in [0.2, 0.25) is 0 Å². The fourth-order valence-electron chi connectivity index (χ4n) is 1.28. The first kappa shape index (κ1) is 10.6. The Morgan fingerprint density at radius 2 is 2.31 bits per heavy atom. The van der Waals surface area contributed by atoms with E-state index in [0.717, 1.165) is 18.0 Å². The van der Waals surface area contributed by atoms with E-state index in [-0.39, 0.29) is 0 Å². The average Bonchev–Trinajstić information content (AvgIpc) is 2.56. The normalized spacial score (nSPS) is 13.5. The minimum Gasteiger partial charge on any atom is -0.314 e. The lowest BCUT2D eigenvalue weighted by atomic mass is 10.0. The minimum atomic E-state index is 0.526. The summed E-state index contributed by atoms with van der Waals surface area (Å²) in [6.07, 6.45) is 0.996. The summed E-state index contributed by atoms with van der Waals surface area (Å²) in [6.45, 7) is 7.61. The predicted octanol–water partition coefficient (Wildman–Crippen LogP) is 1.71. The smallest absolute Gasteiger partial charge is 0.118 e. The number of hydrogen-bond acceptors (Lipinski definition) is 4. The zero-order valence-corrected chi connectivity index (χ0v) is 9.27. The van der Waals surface area contributed by atoms with E-state index in [1.165, 1.54) is 0 Å². The third-order valence-corrected chi connectivity index (χ3v) is 2.79. The minimum absolute atomic E-state index is 0.526. The molecule has 0 radical (unpaired) electrons. The van der Waals surface area contributed by atoms with Crippen molar-refractivity contribution in [1.29, 1.82) is 0 Å². The zero-order valence-electron chi connectivity index (χ0n) is 8.45. The molecule has 0 saturated heterocycles. The van der Waals surface area contributed by atoms with Crippen LogP contribution in [-0.4, -0.2) is 22.8 Å². The standard InChI is InChI=1S/C9H17N3S/c1-4-10-8(7(2)3)5-9-12-11-6-13-9/h6-8,10H,4-5H2,1-3H3. The SMILES string of the molecule is CCNC(Cc1nncs1)C(C)C. The van der Waals surface area contributed by atoms with Crippen molar-refractivity contribution < 1.29 is 0 Å². The van der Waals surface area contributed by atoms with Crippen molar-refractivity contribution >= 4 is 11.3 Å². The van der Waals surface area contributed by atoms with Gasteiger partial charge in [0.15, 0.2) is 0 Å². The van der Waals surface area contributed by atoms with Gasteiger partial charge in [0.05, 0.1) is 0 Å². The van der Waals surface area contributed by atoms with E-state index in [1.54, 1.807) is 16.8 Å². The summed E-state index contributed by atoms with van der Waals surface area (Å²) in [4.78, 5) is 0. The lowest BCUT2D eigenvalue weighted by Crippen LogP contribution is -2.35. The second-order valence-corrected chi connectivity index (χ2v) is 4.36. The third kappa shape index (κ3) is 3.40. The quantitative estimate of drug-likeness (QED) is 0.784. The van der Waals surface area contributed by atoms with Crippen molar-refractivity contribution in [3.8, 4) is 0 Å². The van der Waals surface area contributed by atoms with Crippen LogP contribution >= 0.6 is 11.3 Å². The highest BCUT2D eigenvalue weighted by molar-refractivity contribution is 7.09. The maximum Gasteiger partial charge on any atom is 0.118 e. The highest BCUT2D eigenvalue weighted by atomic mass is 32.1. The van der Waals surface area contributed by atoms with Crippen molar-refractivity contribution in [3.63, 3.8) is 0 Å². The summed E-state index contributed by atoms with van der Waals surface area (Å²) < 4.78 is 0. The second-order valence-electron chi connectivity index (χ2n) is 3.44. The number of nitrogens with one attached hydrogen (secondary N) is 1. The highest BCUT2D eigenvalue weighted by Crippen LogP contribution is 2.10. The molecule has 1 N–H and O–H groups in total. The van der Waals surface area contributed by atoms with Gasteiger partial charge in [-0.05, 0) is 12.5 Å². The van der Waals surface area contributed by atoms with Gasteiger partial charge in [0, 0.05) is 12.5 Å². The molecular weight excluding hydrogens is 182 g/mol. The predicted molar refractivity (Wildman–Crippen MR) is 55.9 cm³/mol. The van der Waals surface area contributed by atoms with Crippen molar-refractivity contribution in [2.24, 2.45) is 5.92 Å². The van der Waals surface area contributed by atoms with Gasteiger partial charge in [-0.15, -0.1) is 21.5 Å². The topological polar surface area (TPSA) is 37.8 Å². The van der Waals surface area contributed by atoms with Crippen LogP contribution in [-0.2, 0) is 6.42 Å². The molecule has 4 heteroatoms. The van der Waals surface area contributed by atoms with Gasteiger partial charge in [-0.2, -0.15) is 0 Å². The lowest BCUT2D eigenvalue weighted by Gasteiger charge is -2.20. The molecule has 13 heavy (non-hydrogen) atoms. The molecule has 1 aromatic heterocycles.